The highest BCUT2D eigenvalue weighted by Crippen LogP contribution is 2.20. The van der Waals surface area contributed by atoms with E-state index in [0.29, 0.717) is 24.1 Å². The number of rotatable bonds is 4. The number of hydrogen-bond acceptors (Lipinski definition) is 5. The lowest BCUT2D eigenvalue weighted by atomic mass is 10.3. The van der Waals surface area contributed by atoms with Gasteiger partial charge in [0.05, 0.1) is 12.8 Å². The normalized spacial score (nSPS) is 10.1. The van der Waals surface area contributed by atoms with Crippen molar-refractivity contribution in [3.63, 3.8) is 0 Å². The number of nitrogens with two attached hydrogens (primary N) is 1. The molecule has 94 valence electrons. The van der Waals surface area contributed by atoms with Gasteiger partial charge in [-0.1, -0.05) is 6.07 Å². The molecule has 0 atom stereocenters. The van der Waals surface area contributed by atoms with E-state index in [1.54, 1.807) is 19.2 Å². The van der Waals surface area contributed by atoms with E-state index in [2.05, 4.69) is 9.97 Å². The molecule has 0 spiro atoms. The van der Waals surface area contributed by atoms with Gasteiger partial charge in [-0.15, -0.1) is 0 Å². The minimum atomic E-state index is 0.326. The SMILES string of the molecule is COc1cccc(COc2ccc(C)nc2N)n1. The molecule has 0 bridgehead atoms. The number of ether oxygens (including phenoxy) is 2. The van der Waals surface area contributed by atoms with Gasteiger partial charge >= 0.3 is 0 Å². The van der Waals surface area contributed by atoms with Gasteiger partial charge in [-0.25, -0.2) is 9.97 Å². The molecule has 2 N–H and O–H groups in total. The first kappa shape index (κ1) is 12.2. The van der Waals surface area contributed by atoms with Crippen LogP contribution in [0.25, 0.3) is 0 Å². The van der Waals surface area contributed by atoms with Gasteiger partial charge in [-0.3, -0.25) is 0 Å². The minimum Gasteiger partial charge on any atom is -0.483 e. The Hall–Kier alpha value is -2.30. The molecule has 0 fully saturated rings. The van der Waals surface area contributed by atoms with Gasteiger partial charge in [0.2, 0.25) is 5.88 Å². The van der Waals surface area contributed by atoms with Crippen molar-refractivity contribution in [1.29, 1.82) is 0 Å². The Bertz CT molecular complexity index is 544. The molecule has 0 aliphatic heterocycles. The summed E-state index contributed by atoms with van der Waals surface area (Å²) in [5, 5.41) is 0. The van der Waals surface area contributed by atoms with Crippen molar-refractivity contribution in [2.75, 3.05) is 12.8 Å². The topological polar surface area (TPSA) is 70.3 Å². The summed E-state index contributed by atoms with van der Waals surface area (Å²) < 4.78 is 10.6. The molecule has 0 aromatic carbocycles. The summed E-state index contributed by atoms with van der Waals surface area (Å²) in [4.78, 5) is 8.37. The minimum absolute atomic E-state index is 0.326. The maximum Gasteiger partial charge on any atom is 0.213 e. The summed E-state index contributed by atoms with van der Waals surface area (Å²) in [7, 11) is 1.58. The maximum absolute atomic E-state index is 5.76. The van der Waals surface area contributed by atoms with Gasteiger partial charge in [-0.05, 0) is 25.1 Å². The van der Waals surface area contributed by atoms with Crippen LogP contribution in [0.5, 0.6) is 11.6 Å². The predicted octanol–water partition coefficient (Wildman–Crippen LogP) is 1.95. The van der Waals surface area contributed by atoms with Crippen molar-refractivity contribution < 1.29 is 9.47 Å². The molecule has 5 nitrogen and oxygen atoms in total. The van der Waals surface area contributed by atoms with Crippen molar-refractivity contribution in [3.05, 3.63) is 41.7 Å². The van der Waals surface area contributed by atoms with Crippen molar-refractivity contribution in [1.82, 2.24) is 9.97 Å². The van der Waals surface area contributed by atoms with Crippen LogP contribution in [0.15, 0.2) is 30.3 Å². The fourth-order valence-electron chi connectivity index (χ4n) is 1.49. The van der Waals surface area contributed by atoms with Crippen LogP contribution in [0.4, 0.5) is 5.82 Å². The zero-order valence-corrected chi connectivity index (χ0v) is 10.4. The van der Waals surface area contributed by atoms with Crippen LogP contribution >= 0.6 is 0 Å². The first-order valence-electron chi connectivity index (χ1n) is 5.55. The number of pyridine rings is 2. The van der Waals surface area contributed by atoms with Crippen LogP contribution in [0.1, 0.15) is 11.4 Å². The third-order valence-corrected chi connectivity index (χ3v) is 2.39. The lowest BCUT2D eigenvalue weighted by Crippen LogP contribution is -2.03. The van der Waals surface area contributed by atoms with E-state index in [9.17, 15) is 0 Å². The number of methoxy groups -OCH3 is 1. The standard InChI is InChI=1S/C13H15N3O2/c1-9-6-7-11(13(14)15-9)18-8-10-4-3-5-12(16-10)17-2/h3-7H,8H2,1-2H3,(H2,14,15). The number of hydrogen-bond donors (Lipinski definition) is 1. The maximum atomic E-state index is 5.76. The average Bonchev–Trinajstić information content (AvgIpc) is 2.38. The Morgan fingerprint density at radius 3 is 2.72 bits per heavy atom. The molecule has 18 heavy (non-hydrogen) atoms. The fourth-order valence-corrected chi connectivity index (χ4v) is 1.49. The molecule has 0 aliphatic rings. The Kier molecular flexibility index (Phi) is 3.62. The first-order chi connectivity index (χ1) is 8.69. The van der Waals surface area contributed by atoms with Gasteiger partial charge < -0.3 is 15.2 Å². The van der Waals surface area contributed by atoms with E-state index in [1.807, 2.05) is 25.1 Å². The molecule has 2 aromatic rings. The van der Waals surface area contributed by atoms with E-state index in [4.69, 9.17) is 15.2 Å². The quantitative estimate of drug-likeness (QED) is 0.891. The third-order valence-electron chi connectivity index (χ3n) is 2.39. The molecule has 2 heterocycles. The second-order valence-electron chi connectivity index (χ2n) is 3.80. The van der Waals surface area contributed by atoms with E-state index in [-0.39, 0.29) is 0 Å². The van der Waals surface area contributed by atoms with E-state index in [0.717, 1.165) is 11.4 Å². The lowest BCUT2D eigenvalue weighted by Gasteiger charge is -2.08. The number of nitrogen functional groups attached to an aromatic ring is 1. The van der Waals surface area contributed by atoms with Crippen molar-refractivity contribution in [2.24, 2.45) is 0 Å². The number of nitrogens with zero attached hydrogens (tertiary/aromatic N) is 2. The molecule has 0 saturated carbocycles. The number of aryl methyl sites for hydroxylation is 1. The molecule has 0 saturated heterocycles. The summed E-state index contributed by atoms with van der Waals surface area (Å²) in [6.45, 7) is 2.20. The predicted molar refractivity (Wildman–Crippen MR) is 68.5 cm³/mol. The summed E-state index contributed by atoms with van der Waals surface area (Å²) in [5.41, 5.74) is 7.39. The molecular weight excluding hydrogens is 230 g/mol. The highest BCUT2D eigenvalue weighted by molar-refractivity contribution is 5.46. The van der Waals surface area contributed by atoms with Gasteiger partial charge in [0.15, 0.2) is 11.6 Å². The third kappa shape index (κ3) is 2.88. The van der Waals surface area contributed by atoms with Crippen LogP contribution in [0.2, 0.25) is 0 Å². The Balaban J connectivity index is 2.06. The summed E-state index contributed by atoms with van der Waals surface area (Å²) in [6.07, 6.45) is 0. The molecule has 0 radical (unpaired) electrons. The van der Waals surface area contributed by atoms with Crippen molar-refractivity contribution in [2.45, 2.75) is 13.5 Å². The molecule has 0 unspecified atom stereocenters. The summed E-state index contributed by atoms with van der Waals surface area (Å²) in [6, 6.07) is 9.16. The smallest absolute Gasteiger partial charge is 0.213 e. The molecule has 0 aliphatic carbocycles. The first-order valence-corrected chi connectivity index (χ1v) is 5.55. The van der Waals surface area contributed by atoms with E-state index < -0.39 is 0 Å². The van der Waals surface area contributed by atoms with E-state index in [1.165, 1.54) is 0 Å². The number of anilines is 1. The van der Waals surface area contributed by atoms with Crippen LogP contribution in [-0.4, -0.2) is 17.1 Å². The second-order valence-corrected chi connectivity index (χ2v) is 3.80. The molecule has 2 aromatic heterocycles. The van der Waals surface area contributed by atoms with Crippen LogP contribution < -0.4 is 15.2 Å². The van der Waals surface area contributed by atoms with Gasteiger partial charge in [0, 0.05) is 11.8 Å². The van der Waals surface area contributed by atoms with Crippen molar-refractivity contribution >= 4 is 5.82 Å². The number of aromatic nitrogens is 2. The highest BCUT2D eigenvalue weighted by Gasteiger charge is 2.03. The lowest BCUT2D eigenvalue weighted by molar-refractivity contribution is 0.298. The molecule has 5 heteroatoms. The molecular formula is C13H15N3O2. The Morgan fingerprint density at radius 1 is 1.17 bits per heavy atom. The van der Waals surface area contributed by atoms with E-state index >= 15 is 0 Å². The van der Waals surface area contributed by atoms with Gasteiger partial charge in [-0.2, -0.15) is 0 Å². The zero-order valence-electron chi connectivity index (χ0n) is 10.4. The summed E-state index contributed by atoms with van der Waals surface area (Å²) >= 11 is 0. The molecule has 2 rings (SSSR count). The van der Waals surface area contributed by atoms with Crippen LogP contribution in [0.3, 0.4) is 0 Å². The monoisotopic (exact) mass is 245 g/mol. The highest BCUT2D eigenvalue weighted by atomic mass is 16.5. The van der Waals surface area contributed by atoms with Gasteiger partial charge in [0.25, 0.3) is 0 Å². The average molecular weight is 245 g/mol. The second kappa shape index (κ2) is 5.35. The van der Waals surface area contributed by atoms with Crippen LogP contribution in [0, 0.1) is 6.92 Å². The fraction of sp³-hybridized carbons (Fsp3) is 0.231. The van der Waals surface area contributed by atoms with Crippen molar-refractivity contribution in [3.8, 4) is 11.6 Å². The Morgan fingerprint density at radius 2 is 2.00 bits per heavy atom. The van der Waals surface area contributed by atoms with Gasteiger partial charge in [0.1, 0.15) is 6.61 Å². The molecule has 0 amide bonds. The zero-order chi connectivity index (χ0) is 13.0. The summed E-state index contributed by atoms with van der Waals surface area (Å²) in [5.74, 6) is 1.51. The Labute approximate surface area is 106 Å². The van der Waals surface area contributed by atoms with Crippen LogP contribution in [-0.2, 0) is 6.61 Å². The largest absolute Gasteiger partial charge is 0.483 e.